The number of benzene rings is 1. The highest BCUT2D eigenvalue weighted by Gasteiger charge is 2.10. The molecule has 0 bridgehead atoms. The first-order valence-corrected chi connectivity index (χ1v) is 5.30. The second kappa shape index (κ2) is 4.37. The summed E-state index contributed by atoms with van der Waals surface area (Å²) in [7, 11) is 1.67. The molecule has 1 amide bonds. The van der Waals surface area contributed by atoms with Gasteiger partial charge in [-0.15, -0.1) is 5.10 Å². The number of rotatable bonds is 2. The smallest absolute Gasteiger partial charge is 0.277 e. The number of amides is 1. The number of carbonyl (C=O) groups is 1. The SMILES string of the molecule is Cc1cc(C)cc(NC(=O)c2cnn(C)n2)c1. The zero-order valence-electron chi connectivity index (χ0n) is 10.1. The summed E-state index contributed by atoms with van der Waals surface area (Å²) in [6.07, 6.45) is 1.44. The van der Waals surface area contributed by atoms with E-state index < -0.39 is 0 Å². The van der Waals surface area contributed by atoms with Gasteiger partial charge in [0.2, 0.25) is 0 Å². The van der Waals surface area contributed by atoms with E-state index in [1.54, 1.807) is 7.05 Å². The zero-order chi connectivity index (χ0) is 12.4. The first kappa shape index (κ1) is 11.3. The summed E-state index contributed by atoms with van der Waals surface area (Å²) in [6.45, 7) is 3.98. The number of nitrogens with zero attached hydrogens (tertiary/aromatic N) is 3. The van der Waals surface area contributed by atoms with Crippen molar-refractivity contribution in [1.82, 2.24) is 15.0 Å². The average Bonchev–Trinajstić information content (AvgIpc) is 2.63. The van der Waals surface area contributed by atoms with E-state index in [-0.39, 0.29) is 5.91 Å². The van der Waals surface area contributed by atoms with Crippen LogP contribution in [0, 0.1) is 13.8 Å². The molecule has 1 N–H and O–H groups in total. The lowest BCUT2D eigenvalue weighted by molar-refractivity contribution is 0.102. The minimum Gasteiger partial charge on any atom is -0.321 e. The molecule has 2 aromatic rings. The molecule has 5 heteroatoms. The van der Waals surface area contributed by atoms with Crippen LogP contribution in [0.5, 0.6) is 0 Å². The number of nitrogens with one attached hydrogen (secondary N) is 1. The molecule has 0 aliphatic carbocycles. The second-order valence-corrected chi connectivity index (χ2v) is 4.05. The minimum absolute atomic E-state index is 0.247. The summed E-state index contributed by atoms with van der Waals surface area (Å²) < 4.78 is 0. The van der Waals surface area contributed by atoms with E-state index in [1.807, 2.05) is 26.0 Å². The Balaban J connectivity index is 2.18. The average molecular weight is 230 g/mol. The van der Waals surface area contributed by atoms with Gasteiger partial charge in [-0.3, -0.25) is 4.79 Å². The summed E-state index contributed by atoms with van der Waals surface area (Å²) in [5.74, 6) is -0.247. The summed E-state index contributed by atoms with van der Waals surface area (Å²) >= 11 is 0. The first-order chi connectivity index (χ1) is 8.04. The molecular formula is C12H14N4O. The number of anilines is 1. The van der Waals surface area contributed by atoms with Crippen molar-refractivity contribution in [2.24, 2.45) is 7.05 Å². The molecular weight excluding hydrogens is 216 g/mol. The Bertz CT molecular complexity index is 539. The molecule has 0 saturated heterocycles. The van der Waals surface area contributed by atoms with Crippen LogP contribution in [0.3, 0.4) is 0 Å². The van der Waals surface area contributed by atoms with Gasteiger partial charge in [-0.05, 0) is 37.1 Å². The Morgan fingerprint density at radius 3 is 2.41 bits per heavy atom. The quantitative estimate of drug-likeness (QED) is 0.854. The molecule has 0 spiro atoms. The van der Waals surface area contributed by atoms with Crippen LogP contribution >= 0.6 is 0 Å². The van der Waals surface area contributed by atoms with Gasteiger partial charge in [0.05, 0.1) is 6.20 Å². The van der Waals surface area contributed by atoms with Crippen molar-refractivity contribution in [3.8, 4) is 0 Å². The third-order valence-corrected chi connectivity index (χ3v) is 2.31. The maximum Gasteiger partial charge on any atom is 0.277 e. The second-order valence-electron chi connectivity index (χ2n) is 4.05. The lowest BCUT2D eigenvalue weighted by Gasteiger charge is -2.05. The molecule has 0 radical (unpaired) electrons. The van der Waals surface area contributed by atoms with E-state index in [2.05, 4.69) is 21.6 Å². The van der Waals surface area contributed by atoms with Crippen LogP contribution in [-0.2, 0) is 7.05 Å². The molecule has 0 saturated carbocycles. The summed E-state index contributed by atoms with van der Waals surface area (Å²) in [4.78, 5) is 13.2. The summed E-state index contributed by atoms with van der Waals surface area (Å²) in [5.41, 5.74) is 3.31. The van der Waals surface area contributed by atoms with Gasteiger partial charge in [-0.2, -0.15) is 9.90 Å². The Labute approximate surface area is 99.5 Å². The Hall–Kier alpha value is -2.17. The highest BCUT2D eigenvalue weighted by Crippen LogP contribution is 2.14. The number of carbonyl (C=O) groups excluding carboxylic acids is 1. The standard InChI is InChI=1S/C12H14N4O/c1-8-4-9(2)6-10(5-8)14-12(17)11-7-13-16(3)15-11/h4-7H,1-3H3,(H,14,17). The predicted molar refractivity (Wildman–Crippen MR) is 64.9 cm³/mol. The lowest BCUT2D eigenvalue weighted by Crippen LogP contribution is -2.13. The van der Waals surface area contributed by atoms with Gasteiger partial charge in [-0.25, -0.2) is 0 Å². The van der Waals surface area contributed by atoms with E-state index in [0.717, 1.165) is 16.8 Å². The molecule has 0 aliphatic heterocycles. The molecule has 17 heavy (non-hydrogen) atoms. The van der Waals surface area contributed by atoms with Crippen LogP contribution in [0.4, 0.5) is 5.69 Å². The van der Waals surface area contributed by atoms with Crippen molar-refractivity contribution in [2.75, 3.05) is 5.32 Å². The van der Waals surface area contributed by atoms with Crippen LogP contribution in [0.25, 0.3) is 0 Å². The lowest BCUT2D eigenvalue weighted by atomic mass is 10.1. The molecule has 5 nitrogen and oxygen atoms in total. The van der Waals surface area contributed by atoms with E-state index in [1.165, 1.54) is 11.0 Å². The van der Waals surface area contributed by atoms with Gasteiger partial charge < -0.3 is 5.32 Å². The van der Waals surface area contributed by atoms with Gasteiger partial charge >= 0.3 is 0 Å². The fourth-order valence-electron chi connectivity index (χ4n) is 1.69. The van der Waals surface area contributed by atoms with Gasteiger partial charge in [0.15, 0.2) is 5.69 Å². The third-order valence-electron chi connectivity index (χ3n) is 2.31. The first-order valence-electron chi connectivity index (χ1n) is 5.30. The Morgan fingerprint density at radius 2 is 1.88 bits per heavy atom. The van der Waals surface area contributed by atoms with Crippen molar-refractivity contribution in [2.45, 2.75) is 13.8 Å². The predicted octanol–water partition coefficient (Wildman–Crippen LogP) is 1.68. The fraction of sp³-hybridized carbons (Fsp3) is 0.250. The van der Waals surface area contributed by atoms with Crippen molar-refractivity contribution in [3.63, 3.8) is 0 Å². The highest BCUT2D eigenvalue weighted by molar-refractivity contribution is 6.02. The van der Waals surface area contributed by atoms with Crippen LogP contribution in [-0.4, -0.2) is 20.9 Å². The molecule has 0 fully saturated rings. The molecule has 1 aromatic carbocycles. The van der Waals surface area contributed by atoms with E-state index in [4.69, 9.17) is 0 Å². The topological polar surface area (TPSA) is 59.8 Å². The molecule has 0 aliphatic rings. The molecule has 0 atom stereocenters. The van der Waals surface area contributed by atoms with Crippen LogP contribution in [0.1, 0.15) is 21.6 Å². The van der Waals surface area contributed by atoms with Gasteiger partial charge in [0.1, 0.15) is 0 Å². The number of aromatic nitrogens is 3. The Morgan fingerprint density at radius 1 is 1.24 bits per heavy atom. The van der Waals surface area contributed by atoms with Crippen molar-refractivity contribution in [1.29, 1.82) is 0 Å². The number of aryl methyl sites for hydroxylation is 3. The van der Waals surface area contributed by atoms with E-state index >= 15 is 0 Å². The molecule has 1 heterocycles. The fourth-order valence-corrected chi connectivity index (χ4v) is 1.69. The zero-order valence-corrected chi connectivity index (χ0v) is 10.1. The van der Waals surface area contributed by atoms with Gasteiger partial charge in [0.25, 0.3) is 5.91 Å². The van der Waals surface area contributed by atoms with Crippen molar-refractivity contribution in [3.05, 3.63) is 41.2 Å². The van der Waals surface area contributed by atoms with Crippen LogP contribution in [0.2, 0.25) is 0 Å². The van der Waals surface area contributed by atoms with Gasteiger partial charge in [-0.1, -0.05) is 6.07 Å². The minimum atomic E-state index is -0.247. The molecule has 2 rings (SSSR count). The number of hydrogen-bond donors (Lipinski definition) is 1. The van der Waals surface area contributed by atoms with Crippen LogP contribution in [0.15, 0.2) is 24.4 Å². The number of hydrogen-bond acceptors (Lipinski definition) is 3. The van der Waals surface area contributed by atoms with Crippen molar-refractivity contribution >= 4 is 11.6 Å². The summed E-state index contributed by atoms with van der Waals surface area (Å²) in [6, 6.07) is 5.89. The summed E-state index contributed by atoms with van der Waals surface area (Å²) in [5, 5.41) is 10.6. The molecule has 1 aromatic heterocycles. The normalized spacial score (nSPS) is 10.3. The van der Waals surface area contributed by atoms with Crippen molar-refractivity contribution < 1.29 is 4.79 Å². The van der Waals surface area contributed by atoms with E-state index in [0.29, 0.717) is 5.69 Å². The monoisotopic (exact) mass is 230 g/mol. The van der Waals surface area contributed by atoms with E-state index in [9.17, 15) is 4.79 Å². The van der Waals surface area contributed by atoms with Crippen LogP contribution < -0.4 is 5.32 Å². The molecule has 88 valence electrons. The highest BCUT2D eigenvalue weighted by atomic mass is 16.2. The maximum absolute atomic E-state index is 11.8. The third kappa shape index (κ3) is 2.69. The largest absolute Gasteiger partial charge is 0.321 e. The molecule has 0 unspecified atom stereocenters. The maximum atomic E-state index is 11.8. The Kier molecular flexibility index (Phi) is 2.91. The van der Waals surface area contributed by atoms with Gasteiger partial charge in [0, 0.05) is 12.7 Å².